The highest BCUT2D eigenvalue weighted by Crippen LogP contribution is 2.12. The molecule has 0 bridgehead atoms. The Morgan fingerprint density at radius 1 is 1.27 bits per heavy atom. The van der Waals surface area contributed by atoms with Crippen LogP contribution in [0.2, 0.25) is 0 Å². The number of carbonyl (C=O) groups is 1. The van der Waals surface area contributed by atoms with Crippen molar-refractivity contribution < 1.29 is 18.3 Å². The molecule has 3 aromatic rings. The van der Waals surface area contributed by atoms with Gasteiger partial charge in [0, 0.05) is 6.20 Å². The van der Waals surface area contributed by atoms with E-state index in [9.17, 15) is 9.18 Å². The lowest BCUT2D eigenvalue weighted by Gasteiger charge is -2.05. The Bertz CT molecular complexity index is 753. The topological polar surface area (TPSA) is 77.2 Å². The molecule has 0 spiro atoms. The average Bonchev–Trinajstić information content (AvgIpc) is 2.95. The molecule has 22 heavy (non-hydrogen) atoms. The van der Waals surface area contributed by atoms with Gasteiger partial charge < -0.3 is 14.5 Å². The lowest BCUT2D eigenvalue weighted by Crippen LogP contribution is -2.28. The smallest absolute Gasteiger partial charge is 0.258 e. The van der Waals surface area contributed by atoms with Crippen LogP contribution in [0, 0.1) is 5.82 Å². The fourth-order valence-corrected chi connectivity index (χ4v) is 1.79. The number of benzene rings is 1. The number of amides is 1. The summed E-state index contributed by atoms with van der Waals surface area (Å²) in [5.41, 5.74) is 1.06. The van der Waals surface area contributed by atoms with Crippen LogP contribution < -0.4 is 10.1 Å². The van der Waals surface area contributed by atoms with E-state index in [4.69, 9.17) is 9.15 Å². The lowest BCUT2D eigenvalue weighted by molar-refractivity contribution is -0.123. The summed E-state index contributed by atoms with van der Waals surface area (Å²) in [5.74, 6) is 0.0901. The summed E-state index contributed by atoms with van der Waals surface area (Å²) in [6, 6.07) is 8.92. The maximum Gasteiger partial charge on any atom is 0.258 e. The zero-order valence-corrected chi connectivity index (χ0v) is 11.5. The van der Waals surface area contributed by atoms with Gasteiger partial charge in [-0.15, -0.1) is 0 Å². The predicted molar refractivity (Wildman–Crippen MR) is 75.5 cm³/mol. The van der Waals surface area contributed by atoms with Crippen molar-refractivity contribution in [3.63, 3.8) is 0 Å². The molecule has 2 aromatic heterocycles. The molecule has 112 valence electrons. The second kappa shape index (κ2) is 6.21. The van der Waals surface area contributed by atoms with Crippen LogP contribution in [0.25, 0.3) is 11.2 Å². The van der Waals surface area contributed by atoms with Gasteiger partial charge in [-0.25, -0.2) is 9.37 Å². The molecule has 3 rings (SSSR count). The quantitative estimate of drug-likeness (QED) is 0.780. The molecule has 0 fully saturated rings. The summed E-state index contributed by atoms with van der Waals surface area (Å²) in [7, 11) is 0. The summed E-state index contributed by atoms with van der Waals surface area (Å²) in [6.45, 7) is -0.0356. The summed E-state index contributed by atoms with van der Waals surface area (Å²) >= 11 is 0. The van der Waals surface area contributed by atoms with Crippen molar-refractivity contribution in [1.82, 2.24) is 15.3 Å². The molecule has 7 heteroatoms. The highest BCUT2D eigenvalue weighted by atomic mass is 19.1. The van der Waals surface area contributed by atoms with Crippen LogP contribution in [-0.2, 0) is 11.3 Å². The maximum absolute atomic E-state index is 12.7. The van der Waals surface area contributed by atoms with Gasteiger partial charge in [0.15, 0.2) is 17.8 Å². The van der Waals surface area contributed by atoms with Gasteiger partial charge in [-0.05, 0) is 36.4 Å². The van der Waals surface area contributed by atoms with E-state index in [1.807, 2.05) is 0 Å². The van der Waals surface area contributed by atoms with E-state index < -0.39 is 0 Å². The van der Waals surface area contributed by atoms with Crippen LogP contribution in [0.5, 0.6) is 5.75 Å². The Hall–Kier alpha value is -2.96. The molecule has 0 aliphatic heterocycles. The second-order valence-electron chi connectivity index (χ2n) is 4.45. The molecule has 0 radical (unpaired) electrons. The van der Waals surface area contributed by atoms with Gasteiger partial charge in [-0.2, -0.15) is 4.98 Å². The molecular weight excluding hydrogens is 289 g/mol. The molecule has 1 amide bonds. The summed E-state index contributed by atoms with van der Waals surface area (Å²) < 4.78 is 23.4. The Morgan fingerprint density at radius 3 is 2.86 bits per heavy atom. The zero-order valence-electron chi connectivity index (χ0n) is 11.5. The second-order valence-corrected chi connectivity index (χ2v) is 4.45. The van der Waals surface area contributed by atoms with Crippen molar-refractivity contribution in [1.29, 1.82) is 0 Å². The molecule has 0 atom stereocenters. The number of halogens is 1. The van der Waals surface area contributed by atoms with E-state index in [-0.39, 0.29) is 24.9 Å². The number of fused-ring (bicyclic) bond motifs is 1. The van der Waals surface area contributed by atoms with E-state index >= 15 is 0 Å². The van der Waals surface area contributed by atoms with Gasteiger partial charge >= 0.3 is 0 Å². The number of ether oxygens (including phenoxy) is 1. The summed E-state index contributed by atoms with van der Waals surface area (Å²) in [6.07, 6.45) is 1.61. The van der Waals surface area contributed by atoms with Crippen LogP contribution in [0.4, 0.5) is 4.39 Å². The third-order valence-electron chi connectivity index (χ3n) is 2.83. The van der Waals surface area contributed by atoms with Gasteiger partial charge in [0.25, 0.3) is 5.91 Å². The van der Waals surface area contributed by atoms with Crippen LogP contribution in [0.15, 0.2) is 47.0 Å². The number of aromatic nitrogens is 2. The van der Waals surface area contributed by atoms with Crippen molar-refractivity contribution in [2.75, 3.05) is 6.61 Å². The van der Waals surface area contributed by atoms with Crippen molar-refractivity contribution >= 4 is 17.1 Å². The lowest BCUT2D eigenvalue weighted by atomic mass is 10.3. The van der Waals surface area contributed by atoms with E-state index in [0.29, 0.717) is 22.9 Å². The third-order valence-corrected chi connectivity index (χ3v) is 2.83. The van der Waals surface area contributed by atoms with E-state index in [1.165, 1.54) is 24.3 Å². The first-order valence-electron chi connectivity index (χ1n) is 6.56. The van der Waals surface area contributed by atoms with E-state index in [0.717, 1.165) is 0 Å². The Labute approximate surface area is 124 Å². The average molecular weight is 301 g/mol. The first-order chi connectivity index (χ1) is 10.7. The molecule has 0 saturated heterocycles. The number of carbonyl (C=O) groups excluding carboxylic acids is 1. The number of rotatable bonds is 5. The number of hydrogen-bond acceptors (Lipinski definition) is 5. The molecule has 0 unspecified atom stereocenters. The van der Waals surface area contributed by atoms with Gasteiger partial charge in [0.2, 0.25) is 5.89 Å². The number of pyridine rings is 1. The zero-order chi connectivity index (χ0) is 15.4. The predicted octanol–water partition coefficient (Wildman–Crippen LogP) is 2.06. The summed E-state index contributed by atoms with van der Waals surface area (Å²) in [4.78, 5) is 19.9. The standard InChI is InChI=1S/C15H12FN3O3/c16-10-3-5-11(6-4-10)21-9-13(20)18-8-14-19-15-12(22-14)2-1-7-17-15/h1-7H,8-9H2,(H,18,20). The van der Waals surface area contributed by atoms with Crippen molar-refractivity contribution in [3.8, 4) is 5.75 Å². The number of nitrogens with zero attached hydrogens (tertiary/aromatic N) is 2. The fourth-order valence-electron chi connectivity index (χ4n) is 1.79. The normalized spacial score (nSPS) is 10.6. The molecule has 0 aliphatic carbocycles. The van der Waals surface area contributed by atoms with Crippen LogP contribution in [-0.4, -0.2) is 22.5 Å². The number of oxazole rings is 1. The fraction of sp³-hybridized carbons (Fsp3) is 0.133. The van der Waals surface area contributed by atoms with Crippen LogP contribution >= 0.6 is 0 Å². The molecule has 2 heterocycles. The largest absolute Gasteiger partial charge is 0.484 e. The maximum atomic E-state index is 12.7. The first-order valence-corrected chi connectivity index (χ1v) is 6.56. The molecular formula is C15H12FN3O3. The van der Waals surface area contributed by atoms with Gasteiger partial charge in [0.05, 0.1) is 6.54 Å². The van der Waals surface area contributed by atoms with Gasteiger partial charge in [-0.1, -0.05) is 0 Å². The molecule has 1 aromatic carbocycles. The SMILES string of the molecule is O=C(COc1ccc(F)cc1)NCc1nc2ncccc2o1. The highest BCUT2D eigenvalue weighted by molar-refractivity contribution is 5.77. The van der Waals surface area contributed by atoms with Crippen molar-refractivity contribution in [2.45, 2.75) is 6.54 Å². The van der Waals surface area contributed by atoms with Crippen LogP contribution in [0.1, 0.15) is 5.89 Å². The monoisotopic (exact) mass is 301 g/mol. The van der Waals surface area contributed by atoms with Gasteiger partial charge in [0.1, 0.15) is 11.6 Å². The van der Waals surface area contributed by atoms with E-state index in [1.54, 1.807) is 18.3 Å². The molecule has 0 saturated carbocycles. The molecule has 1 N–H and O–H groups in total. The minimum Gasteiger partial charge on any atom is -0.484 e. The highest BCUT2D eigenvalue weighted by Gasteiger charge is 2.08. The van der Waals surface area contributed by atoms with Crippen LogP contribution in [0.3, 0.4) is 0 Å². The summed E-state index contributed by atoms with van der Waals surface area (Å²) in [5, 5.41) is 2.62. The molecule has 6 nitrogen and oxygen atoms in total. The minimum absolute atomic E-state index is 0.141. The molecule has 0 aliphatic rings. The van der Waals surface area contributed by atoms with Crippen molar-refractivity contribution in [3.05, 3.63) is 54.3 Å². The Morgan fingerprint density at radius 2 is 2.09 bits per heavy atom. The third kappa shape index (κ3) is 3.38. The van der Waals surface area contributed by atoms with Crippen molar-refractivity contribution in [2.24, 2.45) is 0 Å². The number of hydrogen-bond donors (Lipinski definition) is 1. The Balaban J connectivity index is 1.50. The van der Waals surface area contributed by atoms with Gasteiger partial charge in [-0.3, -0.25) is 4.79 Å². The number of nitrogens with one attached hydrogen (secondary N) is 1. The Kier molecular flexibility index (Phi) is 3.95. The van der Waals surface area contributed by atoms with E-state index in [2.05, 4.69) is 15.3 Å². The first kappa shape index (κ1) is 14.0. The minimum atomic E-state index is -0.360.